The monoisotopic (exact) mass is 385 g/mol. The van der Waals surface area contributed by atoms with Crippen molar-refractivity contribution < 1.29 is 22.7 Å². The van der Waals surface area contributed by atoms with Crippen molar-refractivity contribution in [3.8, 4) is 5.88 Å². The fraction of sp³-hybridized carbons (Fsp3) is 0.647. The number of amides is 1. The van der Waals surface area contributed by atoms with E-state index < -0.39 is 24.0 Å². The van der Waals surface area contributed by atoms with Crippen LogP contribution in [0.2, 0.25) is 0 Å². The second kappa shape index (κ2) is 7.25. The number of carbonyl (C=O) groups excluding carboxylic acids is 1. The smallest absolute Gasteiger partial charge is 0.402 e. The van der Waals surface area contributed by atoms with Crippen LogP contribution in [0.5, 0.6) is 5.88 Å². The van der Waals surface area contributed by atoms with E-state index in [1.54, 1.807) is 11.1 Å². The zero-order valence-electron chi connectivity index (χ0n) is 14.7. The molecule has 3 N–H and O–H groups in total. The van der Waals surface area contributed by atoms with E-state index in [1.165, 1.54) is 0 Å². The Balaban J connectivity index is 1.47. The van der Waals surface area contributed by atoms with Gasteiger partial charge in [-0.05, 0) is 37.1 Å². The first-order valence-electron chi connectivity index (χ1n) is 9.10. The van der Waals surface area contributed by atoms with Crippen molar-refractivity contribution in [1.29, 1.82) is 0 Å². The Morgan fingerprint density at radius 3 is 2.67 bits per heavy atom. The van der Waals surface area contributed by atoms with E-state index >= 15 is 0 Å². The van der Waals surface area contributed by atoms with Crippen molar-refractivity contribution in [1.82, 2.24) is 26.1 Å². The summed E-state index contributed by atoms with van der Waals surface area (Å²) in [6.07, 6.45) is -1.00. The number of hydrogen-bond acceptors (Lipinski definition) is 6. The maximum Gasteiger partial charge on any atom is 0.402 e. The van der Waals surface area contributed by atoms with Crippen molar-refractivity contribution in [3.05, 3.63) is 23.4 Å². The van der Waals surface area contributed by atoms with Crippen LogP contribution in [0.15, 0.2) is 12.3 Å². The molecule has 2 fully saturated rings. The zero-order valence-corrected chi connectivity index (χ0v) is 14.7. The van der Waals surface area contributed by atoms with Crippen molar-refractivity contribution in [3.63, 3.8) is 0 Å². The molecular formula is C17H22F3N5O2. The highest BCUT2D eigenvalue weighted by Gasteiger charge is 2.53. The Hall–Kier alpha value is -1.91. The van der Waals surface area contributed by atoms with Crippen molar-refractivity contribution >= 4 is 5.91 Å². The van der Waals surface area contributed by atoms with Crippen LogP contribution in [0.25, 0.3) is 0 Å². The molecule has 0 aromatic carbocycles. The molecule has 0 radical (unpaired) electrons. The molecule has 0 spiro atoms. The first-order chi connectivity index (χ1) is 12.9. The SMILES string of the molecule is O=C1NNCC(N2Cc3cnc(OC4CCNCC4)cc3C2)C1C(F)(F)F. The molecule has 2 saturated heterocycles. The summed E-state index contributed by atoms with van der Waals surface area (Å²) in [5.74, 6) is -2.58. The van der Waals surface area contributed by atoms with Gasteiger partial charge in [0.25, 0.3) is 0 Å². The average molecular weight is 385 g/mol. The topological polar surface area (TPSA) is 78.5 Å². The summed E-state index contributed by atoms with van der Waals surface area (Å²) in [6.45, 7) is 2.52. The number of pyridine rings is 1. The Kier molecular flexibility index (Phi) is 4.95. The number of ether oxygens (including phenoxy) is 1. The summed E-state index contributed by atoms with van der Waals surface area (Å²) in [5.41, 5.74) is 6.44. The van der Waals surface area contributed by atoms with Gasteiger partial charge in [-0.25, -0.2) is 10.4 Å². The number of aromatic nitrogens is 1. The van der Waals surface area contributed by atoms with E-state index in [4.69, 9.17) is 4.74 Å². The predicted octanol–water partition coefficient (Wildman–Crippen LogP) is 0.709. The Morgan fingerprint density at radius 2 is 1.93 bits per heavy atom. The number of hydrogen-bond donors (Lipinski definition) is 3. The van der Waals surface area contributed by atoms with Crippen LogP contribution in [-0.2, 0) is 17.9 Å². The Bertz CT molecular complexity index is 708. The molecule has 7 nitrogen and oxygen atoms in total. The van der Waals surface area contributed by atoms with Crippen LogP contribution in [0, 0.1) is 5.92 Å². The van der Waals surface area contributed by atoms with Gasteiger partial charge in [0.05, 0.1) is 0 Å². The number of piperidine rings is 1. The molecule has 0 saturated carbocycles. The lowest BCUT2D eigenvalue weighted by molar-refractivity contribution is -0.201. The minimum atomic E-state index is -4.59. The highest BCUT2D eigenvalue weighted by Crippen LogP contribution is 2.36. The highest BCUT2D eigenvalue weighted by atomic mass is 19.4. The summed E-state index contributed by atoms with van der Waals surface area (Å²) in [7, 11) is 0. The lowest BCUT2D eigenvalue weighted by atomic mass is 9.95. The Labute approximate surface area is 154 Å². The van der Waals surface area contributed by atoms with Crippen LogP contribution in [-0.4, -0.2) is 53.7 Å². The molecule has 3 aliphatic heterocycles. The van der Waals surface area contributed by atoms with Crippen LogP contribution in [0.1, 0.15) is 24.0 Å². The average Bonchev–Trinajstić information content (AvgIpc) is 3.04. The number of halogens is 3. The van der Waals surface area contributed by atoms with E-state index in [-0.39, 0.29) is 12.6 Å². The summed E-state index contributed by atoms with van der Waals surface area (Å²) in [5, 5.41) is 3.27. The molecule has 1 aromatic heterocycles. The zero-order chi connectivity index (χ0) is 19.0. The standard InChI is InChI=1S/C17H22F3N5O2/c18-17(19,20)15-13(7-23-24-16(15)26)25-8-10-5-14(22-6-11(10)9-25)27-12-1-3-21-4-2-12/h5-6,12-13,15,21,23H,1-4,7-9H2,(H,24,26). The molecule has 148 valence electrons. The second-order valence-corrected chi connectivity index (χ2v) is 7.22. The lowest BCUT2D eigenvalue weighted by Crippen LogP contribution is -2.63. The van der Waals surface area contributed by atoms with Gasteiger partial charge in [-0.15, -0.1) is 0 Å². The molecule has 0 aliphatic carbocycles. The number of hydrazine groups is 1. The highest BCUT2D eigenvalue weighted by molar-refractivity contribution is 5.80. The summed E-state index contributed by atoms with van der Waals surface area (Å²) in [4.78, 5) is 17.8. The van der Waals surface area contributed by atoms with Crippen molar-refractivity contribution in [2.75, 3.05) is 19.6 Å². The van der Waals surface area contributed by atoms with E-state index in [0.717, 1.165) is 37.1 Å². The third kappa shape index (κ3) is 3.87. The molecule has 1 aromatic rings. The quantitative estimate of drug-likeness (QED) is 0.712. The van der Waals surface area contributed by atoms with Crippen molar-refractivity contribution in [2.45, 2.75) is 44.3 Å². The number of nitrogens with one attached hydrogen (secondary N) is 3. The summed E-state index contributed by atoms with van der Waals surface area (Å²) < 4.78 is 46.1. The van der Waals surface area contributed by atoms with Gasteiger partial charge in [0.1, 0.15) is 6.10 Å². The Morgan fingerprint density at radius 1 is 1.19 bits per heavy atom. The number of rotatable bonds is 3. The number of fused-ring (bicyclic) bond motifs is 1. The van der Waals surface area contributed by atoms with Gasteiger partial charge in [0, 0.05) is 37.9 Å². The van der Waals surface area contributed by atoms with Crippen molar-refractivity contribution in [2.24, 2.45) is 5.92 Å². The van der Waals surface area contributed by atoms with Crippen LogP contribution in [0.4, 0.5) is 13.2 Å². The van der Waals surface area contributed by atoms with Gasteiger partial charge in [-0.1, -0.05) is 0 Å². The predicted molar refractivity (Wildman–Crippen MR) is 89.5 cm³/mol. The molecule has 1 amide bonds. The van der Waals surface area contributed by atoms with Gasteiger partial charge >= 0.3 is 6.18 Å². The minimum absolute atomic E-state index is 0.0375. The fourth-order valence-electron chi connectivity index (χ4n) is 3.99. The minimum Gasteiger partial charge on any atom is -0.474 e. The van der Waals surface area contributed by atoms with Gasteiger partial charge in [0.2, 0.25) is 11.8 Å². The van der Waals surface area contributed by atoms with Crippen LogP contribution < -0.4 is 20.9 Å². The largest absolute Gasteiger partial charge is 0.474 e. The molecule has 10 heteroatoms. The first-order valence-corrected chi connectivity index (χ1v) is 9.10. The van der Waals surface area contributed by atoms with Crippen LogP contribution >= 0.6 is 0 Å². The van der Waals surface area contributed by atoms with E-state index in [2.05, 4.69) is 21.2 Å². The van der Waals surface area contributed by atoms with Gasteiger partial charge < -0.3 is 10.1 Å². The maximum absolute atomic E-state index is 13.4. The number of carbonyl (C=O) groups is 1. The summed E-state index contributed by atoms with van der Waals surface area (Å²) >= 11 is 0. The third-order valence-electron chi connectivity index (χ3n) is 5.39. The van der Waals surface area contributed by atoms with E-state index in [0.29, 0.717) is 19.0 Å². The van der Waals surface area contributed by atoms with Gasteiger partial charge in [-0.2, -0.15) is 13.2 Å². The molecule has 27 heavy (non-hydrogen) atoms. The molecular weight excluding hydrogens is 363 g/mol. The lowest BCUT2D eigenvalue weighted by Gasteiger charge is -2.38. The molecule has 0 bridgehead atoms. The van der Waals surface area contributed by atoms with E-state index in [1.807, 2.05) is 6.07 Å². The first kappa shape index (κ1) is 18.5. The van der Waals surface area contributed by atoms with Gasteiger partial charge in [0.15, 0.2) is 5.92 Å². The normalized spacial score (nSPS) is 27.3. The molecule has 4 heterocycles. The van der Waals surface area contributed by atoms with E-state index in [9.17, 15) is 18.0 Å². The summed E-state index contributed by atoms with van der Waals surface area (Å²) in [6, 6.07) is 0.857. The molecule has 4 rings (SSSR count). The fourth-order valence-corrected chi connectivity index (χ4v) is 3.99. The second-order valence-electron chi connectivity index (χ2n) is 7.22. The third-order valence-corrected chi connectivity index (χ3v) is 5.39. The number of nitrogens with zero attached hydrogens (tertiary/aromatic N) is 2. The molecule has 3 aliphatic rings. The maximum atomic E-state index is 13.4. The number of alkyl halides is 3. The van der Waals surface area contributed by atoms with Gasteiger partial charge in [-0.3, -0.25) is 15.1 Å². The van der Waals surface area contributed by atoms with Crippen LogP contribution in [0.3, 0.4) is 0 Å². The molecule has 2 unspecified atom stereocenters. The molecule has 2 atom stereocenters.